The van der Waals surface area contributed by atoms with Crippen LogP contribution in [0.3, 0.4) is 0 Å². The molecule has 0 spiro atoms. The number of imidazole rings is 1. The summed E-state index contributed by atoms with van der Waals surface area (Å²) >= 11 is 0. The molecule has 0 unspecified atom stereocenters. The quantitative estimate of drug-likeness (QED) is 0.471. The van der Waals surface area contributed by atoms with Crippen molar-refractivity contribution < 1.29 is 14.6 Å². The van der Waals surface area contributed by atoms with Crippen LogP contribution in [-0.2, 0) is 16.1 Å². The summed E-state index contributed by atoms with van der Waals surface area (Å²) in [4.78, 5) is 30.8. The molecule has 7 heteroatoms. The number of hydrogen-bond donors (Lipinski definition) is 3. The van der Waals surface area contributed by atoms with Gasteiger partial charge in [-0.05, 0) is 52.1 Å². The Kier molecular flexibility index (Phi) is 7.52. The molecular weight excluding hydrogens is 310 g/mol. The van der Waals surface area contributed by atoms with E-state index >= 15 is 0 Å². The molecule has 2 heterocycles. The first-order valence-electron chi connectivity index (χ1n) is 8.97. The molecule has 2 rings (SSSR count). The normalized spacial score (nSPS) is 16.9. The molecule has 0 amide bonds. The van der Waals surface area contributed by atoms with Gasteiger partial charge in [-0.25, -0.2) is 4.79 Å². The number of ether oxygens (including phenoxy) is 1. The molecule has 1 atom stereocenters. The van der Waals surface area contributed by atoms with Crippen LogP contribution < -0.4 is 5.69 Å². The number of nitrogens with one attached hydrogen (secondary N) is 2. The number of piperidine rings is 1. The van der Waals surface area contributed by atoms with E-state index in [2.05, 4.69) is 14.9 Å². The Bertz CT molecular complexity index is 560. The number of carbonyl (C=O) groups is 1. The van der Waals surface area contributed by atoms with Crippen molar-refractivity contribution in [3.63, 3.8) is 0 Å². The fraction of sp³-hybridized carbons (Fsp3) is 0.765. The minimum atomic E-state index is -0.717. The number of aliphatic hydroxyl groups is 1. The summed E-state index contributed by atoms with van der Waals surface area (Å²) in [5, 5.41) is 10.4. The van der Waals surface area contributed by atoms with Crippen LogP contribution in [0.25, 0.3) is 0 Å². The SMILES string of the molecule is CCOC(=O)CCCC[C@H](O)c1[nH]c(=O)[nH]c1CN1CCCCC1. The Hall–Kier alpha value is -1.60. The molecule has 1 fully saturated rings. The maximum Gasteiger partial charge on any atom is 0.323 e. The number of hydrogen-bond acceptors (Lipinski definition) is 5. The molecule has 0 aliphatic carbocycles. The second-order valence-electron chi connectivity index (χ2n) is 6.37. The number of aromatic nitrogens is 2. The molecule has 3 N–H and O–H groups in total. The standard InChI is InChI=1S/C17H29N3O4/c1-2-24-15(22)9-5-4-8-14(21)16-13(18-17(23)19-16)12-20-10-6-3-7-11-20/h14,21H,2-12H2,1H3,(H2,18,19,23)/t14-/m0/s1. The highest BCUT2D eigenvalue weighted by molar-refractivity contribution is 5.69. The van der Waals surface area contributed by atoms with Crippen LogP contribution in [0.1, 0.15) is 69.4 Å². The number of aromatic amines is 2. The molecule has 0 saturated carbocycles. The molecule has 7 nitrogen and oxygen atoms in total. The highest BCUT2D eigenvalue weighted by Gasteiger charge is 2.19. The van der Waals surface area contributed by atoms with Gasteiger partial charge < -0.3 is 19.8 Å². The zero-order valence-corrected chi connectivity index (χ0v) is 14.5. The van der Waals surface area contributed by atoms with Crippen LogP contribution in [-0.4, -0.2) is 45.6 Å². The molecule has 136 valence electrons. The lowest BCUT2D eigenvalue weighted by Crippen LogP contribution is -2.29. The van der Waals surface area contributed by atoms with Gasteiger partial charge in [0.25, 0.3) is 0 Å². The van der Waals surface area contributed by atoms with Crippen LogP contribution in [0.15, 0.2) is 4.79 Å². The Morgan fingerprint density at radius 1 is 1.25 bits per heavy atom. The lowest BCUT2D eigenvalue weighted by molar-refractivity contribution is -0.143. The van der Waals surface area contributed by atoms with Crippen LogP contribution >= 0.6 is 0 Å². The van der Waals surface area contributed by atoms with Crippen molar-refractivity contribution in [2.24, 2.45) is 0 Å². The Balaban J connectivity index is 1.83. The Morgan fingerprint density at radius 2 is 2.00 bits per heavy atom. The minimum Gasteiger partial charge on any atom is -0.466 e. The van der Waals surface area contributed by atoms with Gasteiger partial charge in [-0.3, -0.25) is 9.69 Å². The highest BCUT2D eigenvalue weighted by Crippen LogP contribution is 2.21. The summed E-state index contributed by atoms with van der Waals surface area (Å²) in [5.74, 6) is -0.201. The van der Waals surface area contributed by atoms with Crippen LogP contribution in [0.5, 0.6) is 0 Å². The fourth-order valence-electron chi connectivity index (χ4n) is 3.17. The summed E-state index contributed by atoms with van der Waals surface area (Å²) in [6.07, 6.45) is 5.16. The van der Waals surface area contributed by atoms with E-state index in [1.807, 2.05) is 0 Å². The van der Waals surface area contributed by atoms with Crippen molar-refractivity contribution in [3.05, 3.63) is 21.9 Å². The smallest absolute Gasteiger partial charge is 0.323 e. The second-order valence-corrected chi connectivity index (χ2v) is 6.37. The average molecular weight is 339 g/mol. The number of aliphatic hydroxyl groups excluding tert-OH is 1. The monoisotopic (exact) mass is 339 g/mol. The van der Waals surface area contributed by atoms with Crippen molar-refractivity contribution in [2.45, 2.75) is 64.5 Å². The van der Waals surface area contributed by atoms with E-state index in [-0.39, 0.29) is 11.7 Å². The topological polar surface area (TPSA) is 98.4 Å². The van der Waals surface area contributed by atoms with Crippen LogP contribution in [0, 0.1) is 0 Å². The number of carbonyl (C=O) groups excluding carboxylic acids is 1. The van der Waals surface area contributed by atoms with E-state index < -0.39 is 6.10 Å². The molecule has 1 aliphatic heterocycles. The zero-order valence-electron chi connectivity index (χ0n) is 14.5. The van der Waals surface area contributed by atoms with Gasteiger partial charge in [-0.15, -0.1) is 0 Å². The number of esters is 1. The van der Waals surface area contributed by atoms with E-state index in [0.717, 1.165) is 18.8 Å². The van der Waals surface area contributed by atoms with Crippen LogP contribution in [0.2, 0.25) is 0 Å². The molecule has 1 aliphatic rings. The first-order valence-corrected chi connectivity index (χ1v) is 8.97. The van der Waals surface area contributed by atoms with E-state index in [1.165, 1.54) is 19.3 Å². The van der Waals surface area contributed by atoms with Gasteiger partial charge in [0, 0.05) is 13.0 Å². The molecule has 1 aromatic rings. The van der Waals surface area contributed by atoms with Crippen molar-refractivity contribution in [1.29, 1.82) is 0 Å². The minimum absolute atomic E-state index is 0.201. The Labute approximate surface area is 142 Å². The molecule has 0 bridgehead atoms. The van der Waals surface area contributed by atoms with Gasteiger partial charge in [-0.1, -0.05) is 6.42 Å². The van der Waals surface area contributed by atoms with Crippen molar-refractivity contribution in [1.82, 2.24) is 14.9 Å². The Morgan fingerprint density at radius 3 is 2.71 bits per heavy atom. The zero-order chi connectivity index (χ0) is 17.4. The van der Waals surface area contributed by atoms with Crippen molar-refractivity contribution in [3.8, 4) is 0 Å². The predicted octanol–water partition coefficient (Wildman–Crippen LogP) is 1.85. The second kappa shape index (κ2) is 9.64. The summed E-state index contributed by atoms with van der Waals surface area (Å²) in [5.41, 5.74) is 1.09. The van der Waals surface area contributed by atoms with Crippen molar-refractivity contribution >= 4 is 5.97 Å². The van der Waals surface area contributed by atoms with E-state index in [4.69, 9.17) is 4.74 Å². The molecule has 1 saturated heterocycles. The van der Waals surface area contributed by atoms with Gasteiger partial charge in [0.05, 0.1) is 24.1 Å². The maximum atomic E-state index is 11.6. The number of unbranched alkanes of at least 4 members (excludes halogenated alkanes) is 1. The maximum absolute atomic E-state index is 11.6. The first-order chi connectivity index (χ1) is 11.6. The van der Waals surface area contributed by atoms with Gasteiger partial charge in [-0.2, -0.15) is 0 Å². The lowest BCUT2D eigenvalue weighted by Gasteiger charge is -2.26. The molecule has 0 radical (unpaired) electrons. The molecule has 24 heavy (non-hydrogen) atoms. The number of likely N-dealkylation sites (tertiary alicyclic amines) is 1. The fourth-order valence-corrected chi connectivity index (χ4v) is 3.17. The average Bonchev–Trinajstić information content (AvgIpc) is 2.93. The number of nitrogens with zero attached hydrogens (tertiary/aromatic N) is 1. The summed E-state index contributed by atoms with van der Waals surface area (Å²) in [6, 6.07) is 0. The van der Waals surface area contributed by atoms with Gasteiger partial charge in [0.1, 0.15) is 0 Å². The summed E-state index contributed by atoms with van der Waals surface area (Å²) in [7, 11) is 0. The summed E-state index contributed by atoms with van der Waals surface area (Å²) in [6.45, 7) is 4.90. The van der Waals surface area contributed by atoms with E-state index in [9.17, 15) is 14.7 Å². The van der Waals surface area contributed by atoms with Crippen LogP contribution in [0.4, 0.5) is 0 Å². The number of H-pyrrole nitrogens is 2. The third-order valence-electron chi connectivity index (χ3n) is 4.42. The summed E-state index contributed by atoms with van der Waals surface area (Å²) < 4.78 is 4.88. The molecular formula is C17H29N3O4. The van der Waals surface area contributed by atoms with Crippen molar-refractivity contribution in [2.75, 3.05) is 19.7 Å². The third-order valence-corrected chi connectivity index (χ3v) is 4.42. The third kappa shape index (κ3) is 5.79. The van der Waals surface area contributed by atoms with Gasteiger partial charge in [0.15, 0.2) is 0 Å². The molecule has 0 aromatic carbocycles. The largest absolute Gasteiger partial charge is 0.466 e. The first kappa shape index (κ1) is 18.7. The number of rotatable bonds is 9. The highest BCUT2D eigenvalue weighted by atomic mass is 16.5. The van der Waals surface area contributed by atoms with Gasteiger partial charge in [0.2, 0.25) is 0 Å². The van der Waals surface area contributed by atoms with E-state index in [0.29, 0.717) is 44.5 Å². The van der Waals surface area contributed by atoms with Gasteiger partial charge >= 0.3 is 11.7 Å². The predicted molar refractivity (Wildman–Crippen MR) is 90.6 cm³/mol. The van der Waals surface area contributed by atoms with E-state index in [1.54, 1.807) is 6.92 Å². The molecule has 1 aromatic heterocycles. The lowest BCUT2D eigenvalue weighted by atomic mass is 10.1.